The first kappa shape index (κ1) is 56.3. The minimum Gasteiger partial charge on any atom is -0.462 e. The fourth-order valence-corrected chi connectivity index (χ4v) is 5.64. The first-order chi connectivity index (χ1) is 30.0. The lowest BCUT2D eigenvalue weighted by Gasteiger charge is -2.18. The van der Waals surface area contributed by atoms with E-state index in [1.54, 1.807) is 0 Å². The van der Waals surface area contributed by atoms with Crippen molar-refractivity contribution in [2.24, 2.45) is 0 Å². The van der Waals surface area contributed by atoms with Crippen molar-refractivity contribution < 1.29 is 28.6 Å². The standard InChI is InChI=1S/C55H82O6/c1-4-7-10-13-16-19-21-23-25-26-27-28-30-31-33-36-39-42-45-48-54(57)60-51-52(50-59-53(56)47-44-41-38-35-18-15-12-9-6-3)61-55(58)49-46-43-40-37-34-32-29-24-22-20-17-14-11-8-5-2/h7-14,16-23,25-28,30-31,33,35,52H,4-6,15,24,29,32,34,36-51H2,1-3H3/b10-7-,11-8-,12-9-,16-13-,17-14-,21-19-,22-20-,25-23-,27-26+,30-28-,33-31-,35-18-. The Balaban J connectivity index is 4.53. The smallest absolute Gasteiger partial charge is 0.306 e. The maximum atomic E-state index is 12.7. The molecule has 0 aromatic carbocycles. The first-order valence-corrected chi connectivity index (χ1v) is 23.5. The molecule has 0 aliphatic heterocycles. The van der Waals surface area contributed by atoms with Crippen LogP contribution in [0.2, 0.25) is 0 Å². The van der Waals surface area contributed by atoms with Crippen LogP contribution in [0.25, 0.3) is 0 Å². The molecule has 0 spiro atoms. The normalized spacial score (nSPS) is 13.4. The quantitative estimate of drug-likeness (QED) is 0.0202. The highest BCUT2D eigenvalue weighted by molar-refractivity contribution is 5.71. The second-order valence-electron chi connectivity index (χ2n) is 14.8. The Bertz CT molecular complexity index is 1430. The molecule has 1 unspecified atom stereocenters. The summed E-state index contributed by atoms with van der Waals surface area (Å²) >= 11 is 0. The van der Waals surface area contributed by atoms with Crippen LogP contribution < -0.4 is 0 Å². The van der Waals surface area contributed by atoms with Crippen LogP contribution in [-0.4, -0.2) is 37.2 Å². The molecule has 1 atom stereocenters. The molecule has 6 heteroatoms. The highest BCUT2D eigenvalue weighted by Crippen LogP contribution is 2.12. The second kappa shape index (κ2) is 48.0. The lowest BCUT2D eigenvalue weighted by molar-refractivity contribution is -0.167. The molecule has 0 aliphatic carbocycles. The molecule has 0 rings (SSSR count). The van der Waals surface area contributed by atoms with E-state index in [1.807, 2.05) is 72.9 Å². The molecule has 0 saturated carbocycles. The largest absolute Gasteiger partial charge is 0.462 e. The summed E-state index contributed by atoms with van der Waals surface area (Å²) in [6, 6.07) is 0. The molecular formula is C55H82O6. The molecule has 338 valence electrons. The molecule has 0 amide bonds. The molecule has 6 nitrogen and oxygen atoms in total. The van der Waals surface area contributed by atoms with Gasteiger partial charge < -0.3 is 14.2 Å². The van der Waals surface area contributed by atoms with E-state index in [-0.39, 0.29) is 44.0 Å². The van der Waals surface area contributed by atoms with Crippen LogP contribution in [0, 0.1) is 0 Å². The summed E-state index contributed by atoms with van der Waals surface area (Å²) in [4.78, 5) is 37.8. The Morgan fingerprint density at radius 2 is 0.672 bits per heavy atom. The van der Waals surface area contributed by atoms with Crippen molar-refractivity contribution in [2.45, 2.75) is 168 Å². The molecule has 0 heterocycles. The Morgan fingerprint density at radius 1 is 0.344 bits per heavy atom. The van der Waals surface area contributed by atoms with E-state index in [9.17, 15) is 14.4 Å². The zero-order valence-corrected chi connectivity index (χ0v) is 38.4. The van der Waals surface area contributed by atoms with Gasteiger partial charge in [-0.1, -0.05) is 205 Å². The SMILES string of the molecule is CC\C=C/C=C\C=C/C=C\C=C\C=C/C=C\CCCCCC(=O)OCC(COC(=O)CCCC/C=C\C/C=C\CC)OC(=O)CCCCCCCCC\C=C/C=C\C=C/CC. The molecule has 0 N–H and O–H groups in total. The second-order valence-corrected chi connectivity index (χ2v) is 14.8. The van der Waals surface area contributed by atoms with E-state index in [0.29, 0.717) is 12.8 Å². The van der Waals surface area contributed by atoms with Crippen molar-refractivity contribution in [3.63, 3.8) is 0 Å². The highest BCUT2D eigenvalue weighted by Gasteiger charge is 2.19. The number of esters is 3. The highest BCUT2D eigenvalue weighted by atomic mass is 16.6. The Morgan fingerprint density at radius 3 is 1.15 bits per heavy atom. The third-order valence-electron chi connectivity index (χ3n) is 9.08. The van der Waals surface area contributed by atoms with Crippen LogP contribution >= 0.6 is 0 Å². The molecule has 0 bridgehead atoms. The van der Waals surface area contributed by atoms with Crippen molar-refractivity contribution in [2.75, 3.05) is 13.2 Å². The Labute approximate surface area is 372 Å². The fourth-order valence-electron chi connectivity index (χ4n) is 5.64. The van der Waals surface area contributed by atoms with Gasteiger partial charge in [0.25, 0.3) is 0 Å². The summed E-state index contributed by atoms with van der Waals surface area (Å²) < 4.78 is 16.6. The van der Waals surface area contributed by atoms with Gasteiger partial charge >= 0.3 is 17.9 Å². The summed E-state index contributed by atoms with van der Waals surface area (Å²) in [6.45, 7) is 6.11. The summed E-state index contributed by atoms with van der Waals surface area (Å²) in [7, 11) is 0. The molecule has 0 saturated heterocycles. The van der Waals surface area contributed by atoms with E-state index >= 15 is 0 Å². The number of carbonyl (C=O) groups is 3. The maximum Gasteiger partial charge on any atom is 0.306 e. The number of allylic oxidation sites excluding steroid dienone is 24. The predicted octanol–water partition coefficient (Wildman–Crippen LogP) is 15.3. The molecular weight excluding hydrogens is 757 g/mol. The monoisotopic (exact) mass is 839 g/mol. The number of ether oxygens (including phenoxy) is 3. The molecule has 0 aliphatic rings. The zero-order chi connectivity index (χ0) is 44.4. The molecule has 0 fully saturated rings. The van der Waals surface area contributed by atoms with Gasteiger partial charge in [-0.15, -0.1) is 0 Å². The summed E-state index contributed by atoms with van der Waals surface area (Å²) in [5.41, 5.74) is 0. The van der Waals surface area contributed by atoms with E-state index in [2.05, 4.69) is 93.7 Å². The third kappa shape index (κ3) is 46.2. The fraction of sp³-hybridized carbons (Fsp3) is 0.509. The van der Waals surface area contributed by atoms with E-state index < -0.39 is 6.10 Å². The molecule has 61 heavy (non-hydrogen) atoms. The maximum absolute atomic E-state index is 12.7. The number of unbranched alkanes of at least 4 members (excludes halogenated alkanes) is 12. The lowest BCUT2D eigenvalue weighted by atomic mass is 10.1. The van der Waals surface area contributed by atoms with Gasteiger partial charge in [0.15, 0.2) is 6.10 Å². The number of carbonyl (C=O) groups excluding carboxylic acids is 3. The van der Waals surface area contributed by atoms with Crippen LogP contribution in [-0.2, 0) is 28.6 Å². The van der Waals surface area contributed by atoms with Crippen LogP contribution in [0.1, 0.15) is 162 Å². The van der Waals surface area contributed by atoms with Gasteiger partial charge in [0.1, 0.15) is 13.2 Å². The average Bonchev–Trinajstić information content (AvgIpc) is 3.26. The van der Waals surface area contributed by atoms with Gasteiger partial charge in [0, 0.05) is 19.3 Å². The van der Waals surface area contributed by atoms with Crippen molar-refractivity contribution in [1.29, 1.82) is 0 Å². The summed E-state index contributed by atoms with van der Waals surface area (Å²) in [5, 5.41) is 0. The summed E-state index contributed by atoms with van der Waals surface area (Å²) in [6.07, 6.45) is 68.3. The van der Waals surface area contributed by atoms with Crippen LogP contribution in [0.15, 0.2) is 146 Å². The van der Waals surface area contributed by atoms with Crippen molar-refractivity contribution in [3.05, 3.63) is 146 Å². The number of rotatable bonds is 39. The van der Waals surface area contributed by atoms with E-state index in [1.165, 1.54) is 19.3 Å². The minimum absolute atomic E-state index is 0.122. The molecule has 0 aromatic rings. The Kier molecular flexibility index (Phi) is 44.3. The van der Waals surface area contributed by atoms with Crippen molar-refractivity contribution >= 4 is 17.9 Å². The van der Waals surface area contributed by atoms with Gasteiger partial charge in [-0.25, -0.2) is 0 Å². The van der Waals surface area contributed by atoms with Crippen molar-refractivity contribution in [3.8, 4) is 0 Å². The third-order valence-corrected chi connectivity index (χ3v) is 9.08. The molecule has 0 radical (unpaired) electrons. The van der Waals surface area contributed by atoms with Crippen LogP contribution in [0.3, 0.4) is 0 Å². The average molecular weight is 839 g/mol. The topological polar surface area (TPSA) is 78.9 Å². The lowest BCUT2D eigenvalue weighted by Crippen LogP contribution is -2.30. The number of hydrogen-bond donors (Lipinski definition) is 0. The van der Waals surface area contributed by atoms with E-state index in [4.69, 9.17) is 14.2 Å². The Hall–Kier alpha value is -4.71. The number of hydrogen-bond acceptors (Lipinski definition) is 6. The van der Waals surface area contributed by atoms with Gasteiger partial charge in [0.05, 0.1) is 0 Å². The first-order valence-electron chi connectivity index (χ1n) is 23.5. The van der Waals surface area contributed by atoms with E-state index in [0.717, 1.165) is 96.3 Å². The zero-order valence-electron chi connectivity index (χ0n) is 38.4. The van der Waals surface area contributed by atoms with Crippen LogP contribution in [0.4, 0.5) is 0 Å². The predicted molar refractivity (Wildman–Crippen MR) is 260 cm³/mol. The minimum atomic E-state index is -0.821. The van der Waals surface area contributed by atoms with Gasteiger partial charge in [-0.3, -0.25) is 14.4 Å². The van der Waals surface area contributed by atoms with Gasteiger partial charge in [-0.05, 0) is 83.5 Å². The van der Waals surface area contributed by atoms with Crippen LogP contribution in [0.5, 0.6) is 0 Å². The molecule has 0 aromatic heterocycles. The van der Waals surface area contributed by atoms with Gasteiger partial charge in [0.2, 0.25) is 0 Å². The van der Waals surface area contributed by atoms with Gasteiger partial charge in [-0.2, -0.15) is 0 Å². The summed E-state index contributed by atoms with van der Waals surface area (Å²) in [5.74, 6) is -1.03. The van der Waals surface area contributed by atoms with Crippen molar-refractivity contribution in [1.82, 2.24) is 0 Å².